The SMILES string of the molecule is COc1ccccc1-n1c(SCc2nc(C(=O)N3CCC(C(N)=O)CC3)cs2)nnc1-c1ccncc1. The quantitative estimate of drug-likeness (QED) is 0.340. The number of benzene rings is 1. The van der Waals surface area contributed by atoms with E-state index in [4.69, 9.17) is 10.5 Å². The van der Waals surface area contributed by atoms with E-state index in [1.807, 2.05) is 41.0 Å². The van der Waals surface area contributed by atoms with E-state index in [-0.39, 0.29) is 17.7 Å². The van der Waals surface area contributed by atoms with Crippen molar-refractivity contribution in [2.45, 2.75) is 23.8 Å². The fourth-order valence-electron chi connectivity index (χ4n) is 4.21. The van der Waals surface area contributed by atoms with Crippen molar-refractivity contribution in [1.82, 2.24) is 29.6 Å². The van der Waals surface area contributed by atoms with E-state index in [1.54, 1.807) is 29.8 Å². The lowest BCUT2D eigenvalue weighted by Crippen LogP contribution is -2.41. The Morgan fingerprint density at radius 3 is 2.62 bits per heavy atom. The van der Waals surface area contributed by atoms with Gasteiger partial charge in [0.15, 0.2) is 11.0 Å². The Hall–Kier alpha value is -3.77. The second kappa shape index (κ2) is 11.1. The molecule has 0 unspecified atom stereocenters. The number of carbonyl (C=O) groups is 2. The van der Waals surface area contributed by atoms with Crippen LogP contribution in [0.3, 0.4) is 0 Å². The van der Waals surface area contributed by atoms with Gasteiger partial charge in [0.1, 0.15) is 16.5 Å². The van der Waals surface area contributed by atoms with E-state index in [1.165, 1.54) is 23.1 Å². The Balaban J connectivity index is 1.35. The fraction of sp³-hybridized carbons (Fsp3) is 0.280. The average molecular weight is 536 g/mol. The van der Waals surface area contributed by atoms with Gasteiger partial charge in [0, 0.05) is 42.3 Å². The highest BCUT2D eigenvalue weighted by Crippen LogP contribution is 2.34. The van der Waals surface area contributed by atoms with Crippen LogP contribution in [0.15, 0.2) is 59.3 Å². The standard InChI is InChI=1S/C25H25N7O3S2/c1-35-20-5-3-2-4-19(20)32-23(17-6-10-27-11-7-17)29-30-25(32)37-15-21-28-18(14-36-21)24(34)31-12-8-16(9-13-31)22(26)33/h2-7,10-11,14,16H,8-9,12-13,15H2,1H3,(H2,26,33). The zero-order valence-corrected chi connectivity index (χ0v) is 21.7. The summed E-state index contributed by atoms with van der Waals surface area (Å²) < 4.78 is 7.57. The first-order valence-corrected chi connectivity index (χ1v) is 13.6. The predicted octanol–water partition coefficient (Wildman–Crippen LogP) is 3.42. The number of thioether (sulfide) groups is 1. The van der Waals surface area contributed by atoms with Crippen molar-refractivity contribution in [2.75, 3.05) is 20.2 Å². The molecule has 2 N–H and O–H groups in total. The van der Waals surface area contributed by atoms with E-state index in [0.29, 0.717) is 54.1 Å². The lowest BCUT2D eigenvalue weighted by Gasteiger charge is -2.30. The third-order valence-corrected chi connectivity index (χ3v) is 8.15. The Kier molecular flexibility index (Phi) is 7.47. The molecule has 2 amide bonds. The third kappa shape index (κ3) is 5.35. The molecule has 0 radical (unpaired) electrons. The molecule has 0 aliphatic carbocycles. The average Bonchev–Trinajstić information content (AvgIpc) is 3.59. The second-order valence-corrected chi connectivity index (χ2v) is 10.3. The number of rotatable bonds is 8. The van der Waals surface area contributed by atoms with Gasteiger partial charge in [-0.3, -0.25) is 19.1 Å². The number of nitrogens with two attached hydrogens (primary N) is 1. The van der Waals surface area contributed by atoms with Crippen LogP contribution in [0.25, 0.3) is 17.1 Å². The van der Waals surface area contributed by atoms with Crippen LogP contribution in [-0.2, 0) is 10.5 Å². The van der Waals surface area contributed by atoms with E-state index >= 15 is 0 Å². The van der Waals surface area contributed by atoms with Crippen LogP contribution < -0.4 is 10.5 Å². The monoisotopic (exact) mass is 535 g/mol. The highest BCUT2D eigenvalue weighted by molar-refractivity contribution is 7.98. The minimum Gasteiger partial charge on any atom is -0.495 e. The number of para-hydroxylation sites is 2. The first-order valence-electron chi connectivity index (χ1n) is 11.7. The van der Waals surface area contributed by atoms with Gasteiger partial charge in [0.25, 0.3) is 5.91 Å². The second-order valence-electron chi connectivity index (χ2n) is 8.43. The lowest BCUT2D eigenvalue weighted by molar-refractivity contribution is -0.123. The topological polar surface area (TPSA) is 129 Å². The predicted molar refractivity (Wildman–Crippen MR) is 141 cm³/mol. The van der Waals surface area contributed by atoms with Gasteiger partial charge in [-0.1, -0.05) is 23.9 Å². The van der Waals surface area contributed by atoms with Gasteiger partial charge in [-0.25, -0.2) is 4.98 Å². The molecule has 4 heterocycles. The molecular weight excluding hydrogens is 510 g/mol. The molecule has 12 heteroatoms. The van der Waals surface area contributed by atoms with Crippen LogP contribution in [0.2, 0.25) is 0 Å². The molecular formula is C25H25N7O3S2. The van der Waals surface area contributed by atoms with Crippen LogP contribution in [0.4, 0.5) is 0 Å². The largest absolute Gasteiger partial charge is 0.495 e. The highest BCUT2D eigenvalue weighted by Gasteiger charge is 2.27. The smallest absolute Gasteiger partial charge is 0.273 e. The van der Waals surface area contributed by atoms with E-state index < -0.39 is 0 Å². The van der Waals surface area contributed by atoms with Gasteiger partial charge in [0.2, 0.25) is 5.91 Å². The number of hydrogen-bond acceptors (Lipinski definition) is 9. The molecule has 1 aliphatic rings. The molecule has 10 nitrogen and oxygen atoms in total. The van der Waals surface area contributed by atoms with Crippen LogP contribution in [0.5, 0.6) is 5.75 Å². The molecule has 0 saturated carbocycles. The Labute approximate surface area is 221 Å². The molecule has 37 heavy (non-hydrogen) atoms. The minimum absolute atomic E-state index is 0.118. The summed E-state index contributed by atoms with van der Waals surface area (Å²) in [7, 11) is 1.63. The van der Waals surface area contributed by atoms with Crippen LogP contribution >= 0.6 is 23.1 Å². The summed E-state index contributed by atoms with van der Waals surface area (Å²) in [5.74, 6) is 1.31. The first kappa shape index (κ1) is 24.9. The van der Waals surface area contributed by atoms with E-state index in [2.05, 4.69) is 20.2 Å². The Morgan fingerprint density at radius 2 is 1.89 bits per heavy atom. The van der Waals surface area contributed by atoms with Crippen LogP contribution in [-0.4, -0.2) is 61.6 Å². The number of hydrogen-bond donors (Lipinski definition) is 1. The zero-order chi connectivity index (χ0) is 25.8. The maximum Gasteiger partial charge on any atom is 0.273 e. The van der Waals surface area contributed by atoms with Gasteiger partial charge in [-0.05, 0) is 37.1 Å². The Bertz CT molecular complexity index is 1400. The van der Waals surface area contributed by atoms with Crippen molar-refractivity contribution >= 4 is 34.9 Å². The molecule has 1 fully saturated rings. The fourth-order valence-corrected chi connectivity index (χ4v) is 5.94. The highest BCUT2D eigenvalue weighted by atomic mass is 32.2. The minimum atomic E-state index is -0.298. The summed E-state index contributed by atoms with van der Waals surface area (Å²) in [6, 6.07) is 11.5. The molecule has 1 aromatic carbocycles. The molecule has 1 aliphatic heterocycles. The summed E-state index contributed by atoms with van der Waals surface area (Å²) in [5, 5.41) is 12.2. The molecule has 0 bridgehead atoms. The number of primary amides is 1. The Morgan fingerprint density at radius 1 is 1.14 bits per heavy atom. The number of likely N-dealkylation sites (tertiary alicyclic amines) is 1. The number of piperidine rings is 1. The van der Waals surface area contributed by atoms with Crippen molar-refractivity contribution in [3.8, 4) is 22.8 Å². The number of aromatic nitrogens is 5. The first-order chi connectivity index (χ1) is 18.0. The van der Waals surface area contributed by atoms with E-state index in [0.717, 1.165) is 16.3 Å². The summed E-state index contributed by atoms with van der Waals surface area (Å²) in [6.45, 7) is 1.02. The van der Waals surface area contributed by atoms with Crippen molar-refractivity contribution in [1.29, 1.82) is 0 Å². The van der Waals surface area contributed by atoms with Gasteiger partial charge in [-0.2, -0.15) is 0 Å². The normalized spacial score (nSPS) is 14.0. The van der Waals surface area contributed by atoms with Crippen LogP contribution in [0.1, 0.15) is 28.3 Å². The summed E-state index contributed by atoms with van der Waals surface area (Å²) in [5.41, 5.74) is 7.52. The van der Waals surface area contributed by atoms with Crippen LogP contribution in [0, 0.1) is 5.92 Å². The zero-order valence-electron chi connectivity index (χ0n) is 20.1. The maximum atomic E-state index is 12.9. The van der Waals surface area contributed by atoms with Crippen molar-refractivity contribution in [2.24, 2.45) is 11.7 Å². The molecule has 190 valence electrons. The molecule has 3 aromatic heterocycles. The summed E-state index contributed by atoms with van der Waals surface area (Å²) >= 11 is 2.92. The maximum absolute atomic E-state index is 12.9. The van der Waals surface area contributed by atoms with Crippen molar-refractivity contribution in [3.05, 3.63) is 64.9 Å². The van der Waals surface area contributed by atoms with Gasteiger partial charge in [-0.15, -0.1) is 21.5 Å². The molecule has 0 atom stereocenters. The number of carbonyl (C=O) groups excluding carboxylic acids is 2. The van der Waals surface area contributed by atoms with Crippen molar-refractivity contribution in [3.63, 3.8) is 0 Å². The number of ether oxygens (including phenoxy) is 1. The van der Waals surface area contributed by atoms with Crippen molar-refractivity contribution < 1.29 is 14.3 Å². The molecule has 4 aromatic rings. The van der Waals surface area contributed by atoms with E-state index in [9.17, 15) is 9.59 Å². The summed E-state index contributed by atoms with van der Waals surface area (Å²) in [6.07, 6.45) is 4.61. The third-order valence-electron chi connectivity index (χ3n) is 6.18. The lowest BCUT2D eigenvalue weighted by atomic mass is 9.96. The number of amides is 2. The molecule has 1 saturated heterocycles. The number of thiazole rings is 1. The molecule has 5 rings (SSSR count). The van der Waals surface area contributed by atoms with Gasteiger partial charge in [0.05, 0.1) is 18.6 Å². The van der Waals surface area contributed by atoms with Gasteiger partial charge < -0.3 is 15.4 Å². The van der Waals surface area contributed by atoms with Gasteiger partial charge >= 0.3 is 0 Å². The number of pyridine rings is 1. The number of methoxy groups -OCH3 is 1. The number of nitrogens with zero attached hydrogens (tertiary/aromatic N) is 6. The molecule has 0 spiro atoms. The summed E-state index contributed by atoms with van der Waals surface area (Å²) in [4.78, 5) is 34.8.